The maximum atomic E-state index is 7.02. The summed E-state index contributed by atoms with van der Waals surface area (Å²) in [6.45, 7) is 14.6. The third-order valence-electron chi connectivity index (χ3n) is 17.7. The lowest BCUT2D eigenvalue weighted by Crippen LogP contribution is -2.24. The summed E-state index contributed by atoms with van der Waals surface area (Å²) in [4.78, 5) is 2.53. The Morgan fingerprint density at radius 3 is 1.62 bits per heavy atom. The molecule has 0 unspecified atom stereocenters. The third kappa shape index (κ3) is 5.31. The van der Waals surface area contributed by atoms with Crippen LogP contribution in [0.1, 0.15) is 74.9 Å². The highest BCUT2D eigenvalue weighted by atomic mass is 16.3. The average molecular weight is 950 g/mol. The van der Waals surface area contributed by atoms with E-state index in [1.807, 2.05) is 0 Å². The van der Waals surface area contributed by atoms with Crippen LogP contribution in [0, 0.1) is 0 Å². The fourth-order valence-corrected chi connectivity index (χ4v) is 14.3. The molecule has 0 bridgehead atoms. The van der Waals surface area contributed by atoms with Crippen molar-refractivity contribution in [2.75, 3.05) is 4.90 Å². The number of furan rings is 2. The van der Waals surface area contributed by atoms with Crippen molar-refractivity contribution in [3.8, 4) is 44.5 Å². The van der Waals surface area contributed by atoms with Crippen molar-refractivity contribution in [1.82, 2.24) is 0 Å². The van der Waals surface area contributed by atoms with Crippen molar-refractivity contribution in [2.45, 2.75) is 57.8 Å². The Morgan fingerprint density at radius 2 is 0.878 bits per heavy atom. The maximum absolute atomic E-state index is 7.02. The molecule has 16 rings (SSSR count). The zero-order valence-corrected chi connectivity index (χ0v) is 42.3. The second-order valence-electron chi connectivity index (χ2n) is 22.7. The minimum Gasteiger partial charge on any atom is -0.455 e. The SMILES string of the molecule is CC1(C)c2cc(N(c3ccc4c(c3)C(C)(C)c3c5c(c6oc7ccccc7c6c3-4)-c3ccccc3C5(C)C)c3cccc4ccccc34)ccc2-c2c1cc(-c1ccc3ccccc3c1)c1oc3ccccc3c21. The van der Waals surface area contributed by atoms with Gasteiger partial charge in [0.1, 0.15) is 22.3 Å². The van der Waals surface area contributed by atoms with Gasteiger partial charge >= 0.3 is 0 Å². The molecule has 0 saturated heterocycles. The molecule has 2 aromatic heterocycles. The molecule has 74 heavy (non-hydrogen) atoms. The van der Waals surface area contributed by atoms with E-state index < -0.39 is 0 Å². The summed E-state index contributed by atoms with van der Waals surface area (Å²) in [5, 5.41) is 9.58. The number of fused-ring (bicyclic) bond motifs is 21. The van der Waals surface area contributed by atoms with Crippen LogP contribution in [-0.2, 0) is 16.2 Å². The topological polar surface area (TPSA) is 29.5 Å². The maximum Gasteiger partial charge on any atom is 0.144 e. The van der Waals surface area contributed by atoms with Gasteiger partial charge in [0, 0.05) is 65.7 Å². The standard InChI is InChI=1S/C71H51NO2/c1-69(2)54-37-44(32-34-48(54)60-56(69)39-52(43-31-30-40-18-7-8-20-42(40)36-43)67-62(60)50-24-12-15-28-58(50)73-67)72(57-27-17-21-41-19-9-10-22-46(41)57)45-33-35-49-55(38-45)71(5,6)65-61(49)63-51-25-13-16-29-59(51)74-68(63)64-47-23-11-14-26-53(47)70(3,4)66(64)65/h7-39H,1-6H3. The predicted molar refractivity (Wildman–Crippen MR) is 309 cm³/mol. The molecular weight excluding hydrogens is 899 g/mol. The number of rotatable bonds is 4. The van der Waals surface area contributed by atoms with Crippen LogP contribution in [0.3, 0.4) is 0 Å². The molecule has 0 amide bonds. The highest BCUT2D eigenvalue weighted by Gasteiger charge is 2.49. The lowest BCUT2D eigenvalue weighted by molar-refractivity contribution is 0.600. The van der Waals surface area contributed by atoms with Crippen LogP contribution in [0.15, 0.2) is 209 Å². The summed E-state index contributed by atoms with van der Waals surface area (Å²) in [5.74, 6) is 0. The summed E-state index contributed by atoms with van der Waals surface area (Å²) >= 11 is 0. The second kappa shape index (κ2) is 14.3. The molecule has 0 fully saturated rings. The summed E-state index contributed by atoms with van der Waals surface area (Å²) < 4.78 is 14.0. The minimum absolute atomic E-state index is 0.236. The Bertz CT molecular complexity index is 4640. The number of benzene rings is 11. The molecule has 3 aliphatic rings. The molecule has 0 radical (unpaired) electrons. The number of para-hydroxylation sites is 2. The van der Waals surface area contributed by atoms with Crippen LogP contribution in [0.4, 0.5) is 17.1 Å². The highest BCUT2D eigenvalue weighted by Crippen LogP contribution is 2.64. The van der Waals surface area contributed by atoms with E-state index in [2.05, 4.69) is 247 Å². The minimum atomic E-state index is -0.343. The van der Waals surface area contributed by atoms with Crippen molar-refractivity contribution >= 4 is 82.5 Å². The molecule has 3 aliphatic carbocycles. The molecule has 0 aliphatic heterocycles. The van der Waals surface area contributed by atoms with Crippen molar-refractivity contribution < 1.29 is 8.83 Å². The van der Waals surface area contributed by atoms with Crippen LogP contribution in [0.2, 0.25) is 0 Å². The molecule has 3 nitrogen and oxygen atoms in total. The van der Waals surface area contributed by atoms with Gasteiger partial charge < -0.3 is 13.7 Å². The van der Waals surface area contributed by atoms with E-state index in [0.29, 0.717) is 0 Å². The lowest BCUT2D eigenvalue weighted by atomic mass is 9.72. The van der Waals surface area contributed by atoms with Gasteiger partial charge in [-0.1, -0.05) is 187 Å². The Balaban J connectivity index is 0.926. The predicted octanol–water partition coefficient (Wildman–Crippen LogP) is 19.8. The van der Waals surface area contributed by atoms with Gasteiger partial charge in [0.05, 0.1) is 5.69 Å². The summed E-state index contributed by atoms with van der Waals surface area (Å²) in [6.07, 6.45) is 0. The van der Waals surface area contributed by atoms with Gasteiger partial charge in [-0.05, 0) is 138 Å². The van der Waals surface area contributed by atoms with Crippen molar-refractivity contribution in [3.63, 3.8) is 0 Å². The van der Waals surface area contributed by atoms with Crippen LogP contribution in [0.25, 0.3) is 110 Å². The van der Waals surface area contributed by atoms with Gasteiger partial charge in [-0.3, -0.25) is 0 Å². The molecule has 0 atom stereocenters. The molecular formula is C71H51NO2. The first kappa shape index (κ1) is 41.9. The Labute approximate surface area is 429 Å². The van der Waals surface area contributed by atoms with Crippen molar-refractivity contribution in [1.29, 1.82) is 0 Å². The van der Waals surface area contributed by atoms with E-state index in [0.717, 1.165) is 55.9 Å². The highest BCUT2D eigenvalue weighted by molar-refractivity contribution is 6.22. The fraction of sp³-hybridized carbons (Fsp3) is 0.127. The largest absolute Gasteiger partial charge is 0.455 e. The first-order valence-electron chi connectivity index (χ1n) is 26.2. The van der Waals surface area contributed by atoms with Gasteiger partial charge in [0.15, 0.2) is 0 Å². The van der Waals surface area contributed by atoms with Crippen molar-refractivity contribution in [2.24, 2.45) is 0 Å². The molecule has 11 aromatic carbocycles. The zero-order valence-electron chi connectivity index (χ0n) is 42.3. The summed E-state index contributed by atoms with van der Waals surface area (Å²) in [6, 6.07) is 74.2. The smallest absolute Gasteiger partial charge is 0.144 e. The first-order chi connectivity index (χ1) is 36.0. The fourth-order valence-electron chi connectivity index (χ4n) is 14.3. The van der Waals surface area contributed by atoms with Crippen LogP contribution < -0.4 is 4.90 Å². The van der Waals surface area contributed by atoms with E-state index in [1.54, 1.807) is 0 Å². The number of hydrogen-bond acceptors (Lipinski definition) is 3. The van der Waals surface area contributed by atoms with Gasteiger partial charge in [-0.25, -0.2) is 0 Å². The van der Waals surface area contributed by atoms with E-state index in [9.17, 15) is 0 Å². The molecule has 2 heterocycles. The molecule has 3 heteroatoms. The normalized spacial score (nSPS) is 15.2. The monoisotopic (exact) mass is 949 g/mol. The van der Waals surface area contributed by atoms with Crippen LogP contribution >= 0.6 is 0 Å². The first-order valence-corrected chi connectivity index (χ1v) is 26.2. The van der Waals surface area contributed by atoms with E-state index in [4.69, 9.17) is 8.83 Å². The molecule has 0 N–H and O–H groups in total. The lowest BCUT2D eigenvalue weighted by Gasteiger charge is -2.32. The third-order valence-corrected chi connectivity index (χ3v) is 17.7. The number of anilines is 3. The molecule has 13 aromatic rings. The van der Waals surface area contributed by atoms with Crippen LogP contribution in [-0.4, -0.2) is 0 Å². The Morgan fingerprint density at radius 1 is 0.338 bits per heavy atom. The molecule has 352 valence electrons. The quantitative estimate of drug-likeness (QED) is 0.176. The zero-order chi connectivity index (χ0) is 49.6. The number of hydrogen-bond donors (Lipinski definition) is 0. The van der Waals surface area contributed by atoms with Crippen molar-refractivity contribution in [3.05, 3.63) is 234 Å². The molecule has 0 spiro atoms. The Hall–Kier alpha value is -8.66. The van der Waals surface area contributed by atoms with E-state index >= 15 is 0 Å². The second-order valence-corrected chi connectivity index (χ2v) is 22.7. The average Bonchev–Trinajstić information content (AvgIpc) is 4.26. The number of nitrogens with zero attached hydrogens (tertiary/aromatic N) is 1. The van der Waals surface area contributed by atoms with Gasteiger partial charge in [-0.2, -0.15) is 0 Å². The summed E-state index contributed by atoms with van der Waals surface area (Å²) in [7, 11) is 0. The van der Waals surface area contributed by atoms with Crippen LogP contribution in [0.5, 0.6) is 0 Å². The summed E-state index contributed by atoms with van der Waals surface area (Å²) in [5.41, 5.74) is 24.3. The van der Waals surface area contributed by atoms with E-state index in [1.165, 1.54) is 104 Å². The van der Waals surface area contributed by atoms with E-state index in [-0.39, 0.29) is 16.2 Å². The van der Waals surface area contributed by atoms with Gasteiger partial charge in [0.2, 0.25) is 0 Å². The van der Waals surface area contributed by atoms with Gasteiger partial charge in [0.25, 0.3) is 0 Å². The molecule has 0 saturated carbocycles. The van der Waals surface area contributed by atoms with Gasteiger partial charge in [-0.15, -0.1) is 0 Å². The Kier molecular flexibility index (Phi) is 8.10.